The van der Waals surface area contributed by atoms with Crippen LogP contribution in [0.15, 0.2) is 24.3 Å². The number of rotatable bonds is 6. The summed E-state index contributed by atoms with van der Waals surface area (Å²) >= 11 is 0. The van der Waals surface area contributed by atoms with Crippen LogP contribution in [-0.2, 0) is 17.8 Å². The fraction of sp³-hybridized carbons (Fsp3) is 0.500. The molecule has 1 atom stereocenters. The van der Waals surface area contributed by atoms with Crippen molar-refractivity contribution in [2.45, 2.75) is 59.3 Å². The lowest BCUT2D eigenvalue weighted by atomic mass is 9.86. The molecular weight excluding hydrogens is 444 g/mol. The van der Waals surface area contributed by atoms with Crippen LogP contribution >= 0.6 is 0 Å². The number of amides is 1. The highest BCUT2D eigenvalue weighted by Gasteiger charge is 2.35. The zero-order valence-electron chi connectivity index (χ0n) is 20.8. The zero-order valence-corrected chi connectivity index (χ0v) is 20.8. The molecule has 1 aliphatic heterocycles. The Morgan fingerprint density at radius 1 is 1.09 bits per heavy atom. The van der Waals surface area contributed by atoms with Gasteiger partial charge in [0, 0.05) is 12.6 Å². The van der Waals surface area contributed by atoms with Crippen LogP contribution < -0.4 is 14.2 Å². The SMILES string of the molecule is COc1cc(OC)c(F)c(COc2ccc3c(c2)CCN(C(=O)OC(C)(C)C)C3C(C)C)c1F. The fourth-order valence-electron chi connectivity index (χ4n) is 4.19. The van der Waals surface area contributed by atoms with Gasteiger partial charge in [0.25, 0.3) is 0 Å². The van der Waals surface area contributed by atoms with Gasteiger partial charge in [0.05, 0.1) is 25.8 Å². The minimum atomic E-state index is -0.827. The first-order chi connectivity index (χ1) is 16.0. The van der Waals surface area contributed by atoms with E-state index in [-0.39, 0.29) is 41.7 Å². The largest absolute Gasteiger partial charge is 0.494 e. The number of hydrogen-bond donors (Lipinski definition) is 0. The van der Waals surface area contributed by atoms with Crippen molar-refractivity contribution in [2.75, 3.05) is 20.8 Å². The Labute approximate surface area is 199 Å². The summed E-state index contributed by atoms with van der Waals surface area (Å²) in [5.74, 6) is -1.26. The van der Waals surface area contributed by atoms with Gasteiger partial charge in [-0.25, -0.2) is 13.6 Å². The number of fused-ring (bicyclic) bond motifs is 1. The van der Waals surface area contributed by atoms with E-state index in [1.165, 1.54) is 14.2 Å². The molecule has 0 aliphatic carbocycles. The quantitative estimate of drug-likeness (QED) is 0.507. The Morgan fingerprint density at radius 2 is 1.71 bits per heavy atom. The van der Waals surface area contributed by atoms with Crippen molar-refractivity contribution in [3.63, 3.8) is 0 Å². The average molecular weight is 478 g/mol. The van der Waals surface area contributed by atoms with E-state index >= 15 is 0 Å². The first-order valence-corrected chi connectivity index (χ1v) is 11.3. The topological polar surface area (TPSA) is 57.2 Å². The van der Waals surface area contributed by atoms with Crippen molar-refractivity contribution < 1.29 is 32.5 Å². The molecule has 0 fully saturated rings. The minimum absolute atomic E-state index is 0.121. The highest BCUT2D eigenvalue weighted by Crippen LogP contribution is 2.38. The van der Waals surface area contributed by atoms with E-state index in [0.717, 1.165) is 17.2 Å². The second-order valence-corrected chi connectivity index (χ2v) is 9.65. The lowest BCUT2D eigenvalue weighted by Gasteiger charge is -2.40. The van der Waals surface area contributed by atoms with E-state index in [1.807, 2.05) is 32.9 Å². The molecular formula is C26H33F2NO5. The van der Waals surface area contributed by atoms with Crippen LogP contribution in [0.3, 0.4) is 0 Å². The van der Waals surface area contributed by atoms with Crippen molar-refractivity contribution in [1.29, 1.82) is 0 Å². The maximum Gasteiger partial charge on any atom is 0.410 e. The normalized spacial score (nSPS) is 15.7. The van der Waals surface area contributed by atoms with Gasteiger partial charge in [-0.3, -0.25) is 0 Å². The molecule has 0 saturated heterocycles. The van der Waals surface area contributed by atoms with Crippen molar-refractivity contribution in [3.05, 3.63) is 52.6 Å². The number of carbonyl (C=O) groups excluding carboxylic acids is 1. The smallest absolute Gasteiger partial charge is 0.410 e. The third kappa shape index (κ3) is 5.37. The van der Waals surface area contributed by atoms with Crippen molar-refractivity contribution in [3.8, 4) is 17.2 Å². The van der Waals surface area contributed by atoms with Gasteiger partial charge in [-0.05, 0) is 56.4 Å². The highest BCUT2D eigenvalue weighted by molar-refractivity contribution is 5.69. The molecule has 186 valence electrons. The summed E-state index contributed by atoms with van der Waals surface area (Å²) in [6.07, 6.45) is 0.278. The molecule has 34 heavy (non-hydrogen) atoms. The second kappa shape index (κ2) is 10.1. The van der Waals surface area contributed by atoms with Gasteiger partial charge in [-0.15, -0.1) is 0 Å². The molecule has 1 amide bonds. The van der Waals surface area contributed by atoms with Crippen LogP contribution in [0, 0.1) is 17.6 Å². The number of methoxy groups -OCH3 is 2. The van der Waals surface area contributed by atoms with Gasteiger partial charge >= 0.3 is 6.09 Å². The number of halogens is 2. The lowest BCUT2D eigenvalue weighted by molar-refractivity contribution is 0.00876. The molecule has 1 heterocycles. The summed E-state index contributed by atoms with van der Waals surface area (Å²) < 4.78 is 50.6. The van der Waals surface area contributed by atoms with E-state index in [0.29, 0.717) is 18.7 Å². The Balaban J connectivity index is 1.84. The van der Waals surface area contributed by atoms with Crippen LogP contribution in [0.25, 0.3) is 0 Å². The Morgan fingerprint density at radius 3 is 2.24 bits per heavy atom. The summed E-state index contributed by atoms with van der Waals surface area (Å²) in [7, 11) is 2.60. The molecule has 0 spiro atoms. The van der Waals surface area contributed by atoms with Crippen LogP contribution in [0.5, 0.6) is 17.2 Å². The number of ether oxygens (including phenoxy) is 4. The van der Waals surface area contributed by atoms with Crippen LogP contribution in [-0.4, -0.2) is 37.4 Å². The Hall–Kier alpha value is -3.03. The Kier molecular flexibility index (Phi) is 7.58. The van der Waals surface area contributed by atoms with E-state index in [9.17, 15) is 13.6 Å². The molecule has 0 saturated carbocycles. The fourth-order valence-corrected chi connectivity index (χ4v) is 4.19. The van der Waals surface area contributed by atoms with E-state index < -0.39 is 17.2 Å². The van der Waals surface area contributed by atoms with Crippen molar-refractivity contribution in [1.82, 2.24) is 4.90 Å². The van der Waals surface area contributed by atoms with Crippen LogP contribution in [0.4, 0.5) is 13.6 Å². The zero-order chi connectivity index (χ0) is 25.2. The summed E-state index contributed by atoms with van der Waals surface area (Å²) in [6.45, 7) is 9.83. The predicted molar refractivity (Wildman–Crippen MR) is 124 cm³/mol. The third-order valence-electron chi connectivity index (χ3n) is 5.70. The van der Waals surface area contributed by atoms with Gasteiger partial charge < -0.3 is 23.8 Å². The first kappa shape index (κ1) is 25.6. The minimum Gasteiger partial charge on any atom is -0.494 e. The number of benzene rings is 2. The lowest BCUT2D eigenvalue weighted by Crippen LogP contribution is -2.44. The average Bonchev–Trinajstić information content (AvgIpc) is 2.77. The van der Waals surface area contributed by atoms with Gasteiger partial charge in [-0.1, -0.05) is 19.9 Å². The van der Waals surface area contributed by atoms with Gasteiger partial charge in [0.1, 0.15) is 18.0 Å². The van der Waals surface area contributed by atoms with Crippen molar-refractivity contribution >= 4 is 6.09 Å². The Bertz CT molecular complexity index is 1020. The molecule has 0 bridgehead atoms. The van der Waals surface area contributed by atoms with Crippen molar-refractivity contribution in [2.24, 2.45) is 5.92 Å². The molecule has 8 heteroatoms. The summed E-state index contributed by atoms with van der Waals surface area (Å²) in [5.41, 5.74) is 1.19. The molecule has 0 radical (unpaired) electrons. The van der Waals surface area contributed by atoms with Gasteiger partial charge in [0.15, 0.2) is 23.1 Å². The highest BCUT2D eigenvalue weighted by atomic mass is 19.1. The monoisotopic (exact) mass is 477 g/mol. The number of hydrogen-bond acceptors (Lipinski definition) is 5. The molecule has 2 aromatic rings. The number of nitrogens with zero attached hydrogens (tertiary/aromatic N) is 1. The maximum atomic E-state index is 14.7. The van der Waals surface area contributed by atoms with Crippen LogP contribution in [0.1, 0.15) is 57.4 Å². The summed E-state index contributed by atoms with van der Waals surface area (Å²) in [4.78, 5) is 14.6. The first-order valence-electron chi connectivity index (χ1n) is 11.3. The van der Waals surface area contributed by atoms with E-state index in [2.05, 4.69) is 13.8 Å². The third-order valence-corrected chi connectivity index (χ3v) is 5.70. The van der Waals surface area contributed by atoms with Gasteiger partial charge in [0.2, 0.25) is 0 Å². The second-order valence-electron chi connectivity index (χ2n) is 9.65. The molecule has 3 rings (SSSR count). The summed E-state index contributed by atoms with van der Waals surface area (Å²) in [6, 6.07) is 6.54. The predicted octanol–water partition coefficient (Wildman–Crippen LogP) is 6.05. The maximum absolute atomic E-state index is 14.7. The number of carbonyl (C=O) groups is 1. The standard InChI is InChI=1S/C26H33F2NO5/c1-15(2)24-18-9-8-17(12-16(18)10-11-29(24)25(30)34-26(3,4)5)33-14-19-22(27)20(31-6)13-21(32-7)23(19)28/h8-9,12-13,15,24H,10-11,14H2,1-7H3. The van der Waals surface area contributed by atoms with Gasteiger partial charge in [-0.2, -0.15) is 0 Å². The van der Waals surface area contributed by atoms with E-state index in [1.54, 1.807) is 11.0 Å². The molecule has 2 aromatic carbocycles. The molecule has 1 unspecified atom stereocenters. The summed E-state index contributed by atoms with van der Waals surface area (Å²) in [5, 5.41) is 0. The molecule has 0 aromatic heterocycles. The van der Waals surface area contributed by atoms with Crippen LogP contribution in [0.2, 0.25) is 0 Å². The van der Waals surface area contributed by atoms with E-state index in [4.69, 9.17) is 18.9 Å². The molecule has 1 aliphatic rings. The molecule has 6 nitrogen and oxygen atoms in total. The molecule has 0 N–H and O–H groups in total.